The fourth-order valence-corrected chi connectivity index (χ4v) is 2.36. The molecule has 126 valence electrons. The molecule has 0 saturated carbocycles. The maximum absolute atomic E-state index is 13.4. The largest absolute Gasteiger partial charge is 0.480 e. The molecule has 0 aliphatic carbocycles. The predicted molar refractivity (Wildman–Crippen MR) is 78.9 cm³/mol. The van der Waals surface area contributed by atoms with Gasteiger partial charge in [-0.15, -0.1) is 0 Å². The van der Waals surface area contributed by atoms with Crippen LogP contribution in [-0.2, 0) is 18.4 Å². The molecule has 0 spiro atoms. The average molecular weight is 347 g/mol. The van der Waals surface area contributed by atoms with E-state index in [4.69, 9.17) is 5.11 Å². The van der Waals surface area contributed by atoms with Gasteiger partial charge in [-0.25, -0.2) is 8.78 Å². The van der Waals surface area contributed by atoms with E-state index < -0.39 is 31.2 Å². The zero-order valence-electron chi connectivity index (χ0n) is 12.5. The molecule has 9 heteroatoms. The Hall–Kier alpha value is -1.78. The van der Waals surface area contributed by atoms with Gasteiger partial charge in [-0.2, -0.15) is 0 Å². The van der Waals surface area contributed by atoms with Crippen LogP contribution in [0.4, 0.5) is 8.78 Å². The van der Waals surface area contributed by atoms with Gasteiger partial charge in [-0.3, -0.25) is 14.7 Å². The Balaban J connectivity index is 2.73. The van der Waals surface area contributed by atoms with Crippen LogP contribution in [0.3, 0.4) is 0 Å². The molecule has 0 saturated heterocycles. The normalized spacial score (nSPS) is 12.3. The number of halogens is 2. The first-order chi connectivity index (χ1) is 10.8. The van der Waals surface area contributed by atoms with Crippen molar-refractivity contribution < 1.29 is 32.3 Å². The zero-order valence-corrected chi connectivity index (χ0v) is 13.4. The highest BCUT2D eigenvalue weighted by Gasteiger charge is 2.25. The SMILES string of the molecule is COP(=O)(CN[C@@H](CC#Cc1ccc(F)cc1F)C(=O)O)OC. The molecule has 0 aromatic heterocycles. The lowest BCUT2D eigenvalue weighted by Crippen LogP contribution is -2.37. The fourth-order valence-electron chi connectivity index (χ4n) is 1.51. The molecule has 0 heterocycles. The average Bonchev–Trinajstić information content (AvgIpc) is 2.51. The maximum atomic E-state index is 13.4. The predicted octanol–water partition coefficient (Wildman–Crippen LogP) is 2.19. The molecule has 0 radical (unpaired) electrons. The summed E-state index contributed by atoms with van der Waals surface area (Å²) in [7, 11) is -1.04. The van der Waals surface area contributed by atoms with Crippen LogP contribution in [0.1, 0.15) is 12.0 Å². The van der Waals surface area contributed by atoms with E-state index in [9.17, 15) is 18.1 Å². The lowest BCUT2D eigenvalue weighted by molar-refractivity contribution is -0.139. The van der Waals surface area contributed by atoms with Gasteiger partial charge in [0.1, 0.15) is 17.7 Å². The van der Waals surface area contributed by atoms with E-state index >= 15 is 0 Å². The maximum Gasteiger partial charge on any atom is 0.343 e. The zero-order chi connectivity index (χ0) is 17.5. The van der Waals surface area contributed by atoms with Gasteiger partial charge in [0.2, 0.25) is 0 Å². The Kier molecular flexibility index (Phi) is 7.33. The second-order valence-corrected chi connectivity index (χ2v) is 6.63. The minimum atomic E-state index is -3.40. The molecular weight excluding hydrogens is 331 g/mol. The van der Waals surface area contributed by atoms with Crippen LogP contribution < -0.4 is 5.32 Å². The third-order valence-corrected chi connectivity index (χ3v) is 4.53. The van der Waals surface area contributed by atoms with Crippen LogP contribution in [0, 0.1) is 23.5 Å². The lowest BCUT2D eigenvalue weighted by atomic mass is 10.1. The van der Waals surface area contributed by atoms with Gasteiger partial charge in [0, 0.05) is 26.7 Å². The quantitative estimate of drug-likeness (QED) is 0.581. The molecule has 0 unspecified atom stereocenters. The molecule has 0 fully saturated rings. The highest BCUT2D eigenvalue weighted by Crippen LogP contribution is 2.44. The van der Waals surface area contributed by atoms with Gasteiger partial charge < -0.3 is 14.2 Å². The van der Waals surface area contributed by atoms with Crippen LogP contribution in [-0.4, -0.2) is 37.6 Å². The van der Waals surface area contributed by atoms with Gasteiger partial charge in [-0.1, -0.05) is 11.8 Å². The number of carboxylic acids is 1. The van der Waals surface area contributed by atoms with Crippen molar-refractivity contribution in [3.05, 3.63) is 35.4 Å². The molecule has 0 aliphatic rings. The summed E-state index contributed by atoms with van der Waals surface area (Å²) in [5.74, 6) is 2.13. The van der Waals surface area contributed by atoms with Crippen molar-refractivity contribution in [1.82, 2.24) is 5.32 Å². The standard InChI is InChI=1S/C14H16F2NO5P/c1-21-23(20,22-2)9-17-13(14(18)19)5-3-4-10-6-7-11(15)8-12(10)16/h6-8,13,17H,5,9H2,1-2H3,(H,18,19)/t13-/m0/s1. The van der Waals surface area contributed by atoms with Crippen LogP contribution in [0.2, 0.25) is 0 Å². The molecule has 1 aromatic carbocycles. The Morgan fingerprint density at radius 3 is 2.57 bits per heavy atom. The summed E-state index contributed by atoms with van der Waals surface area (Å²) in [5.41, 5.74) is -0.0463. The summed E-state index contributed by atoms with van der Waals surface area (Å²) >= 11 is 0. The molecule has 6 nitrogen and oxygen atoms in total. The highest BCUT2D eigenvalue weighted by atomic mass is 31.2. The van der Waals surface area contributed by atoms with Crippen molar-refractivity contribution in [2.45, 2.75) is 12.5 Å². The van der Waals surface area contributed by atoms with Crippen LogP contribution in [0.15, 0.2) is 18.2 Å². The molecule has 0 amide bonds. The van der Waals surface area contributed by atoms with E-state index in [2.05, 4.69) is 26.2 Å². The number of nitrogens with one attached hydrogen (secondary N) is 1. The van der Waals surface area contributed by atoms with Gasteiger partial charge in [0.15, 0.2) is 0 Å². The number of carbonyl (C=O) groups is 1. The van der Waals surface area contributed by atoms with Crippen molar-refractivity contribution in [1.29, 1.82) is 0 Å². The number of rotatable bonds is 7. The fraction of sp³-hybridized carbons (Fsp3) is 0.357. The number of hydrogen-bond donors (Lipinski definition) is 2. The van der Waals surface area contributed by atoms with Gasteiger partial charge >= 0.3 is 13.6 Å². The first-order valence-electron chi connectivity index (χ1n) is 6.42. The Morgan fingerprint density at radius 1 is 1.39 bits per heavy atom. The minimum Gasteiger partial charge on any atom is -0.480 e. The van der Waals surface area contributed by atoms with Gasteiger partial charge in [-0.05, 0) is 12.1 Å². The molecule has 1 aromatic rings. The minimum absolute atomic E-state index is 0.0463. The number of hydrogen-bond acceptors (Lipinski definition) is 5. The summed E-state index contributed by atoms with van der Waals surface area (Å²) in [6.45, 7) is 0. The first-order valence-corrected chi connectivity index (χ1v) is 8.14. The van der Waals surface area contributed by atoms with Crippen LogP contribution >= 0.6 is 7.60 Å². The van der Waals surface area contributed by atoms with Crippen molar-refractivity contribution in [3.63, 3.8) is 0 Å². The molecule has 2 N–H and O–H groups in total. The summed E-state index contributed by atoms with van der Waals surface area (Å²) in [5, 5.41) is 11.6. The van der Waals surface area contributed by atoms with Crippen LogP contribution in [0.5, 0.6) is 0 Å². The highest BCUT2D eigenvalue weighted by molar-refractivity contribution is 7.53. The Labute approximate surface area is 132 Å². The van der Waals surface area contributed by atoms with Gasteiger partial charge in [0.25, 0.3) is 0 Å². The second kappa shape index (κ2) is 8.75. The molecule has 1 rings (SSSR count). The van der Waals surface area contributed by atoms with E-state index in [0.717, 1.165) is 12.1 Å². The Morgan fingerprint density at radius 2 is 2.04 bits per heavy atom. The van der Waals surface area contributed by atoms with E-state index in [1.807, 2.05) is 0 Å². The van der Waals surface area contributed by atoms with Crippen molar-refractivity contribution in [3.8, 4) is 11.8 Å². The molecule has 0 aliphatic heterocycles. The first kappa shape index (κ1) is 19.3. The molecule has 0 bridgehead atoms. The second-order valence-electron chi connectivity index (χ2n) is 4.36. The summed E-state index contributed by atoms with van der Waals surface area (Å²) < 4.78 is 47.3. The van der Waals surface area contributed by atoms with Crippen molar-refractivity contribution in [2.24, 2.45) is 0 Å². The van der Waals surface area contributed by atoms with E-state index in [-0.39, 0.29) is 18.3 Å². The number of carboxylic acid groups (broad SMARTS) is 1. The molecule has 1 atom stereocenters. The smallest absolute Gasteiger partial charge is 0.343 e. The summed E-state index contributed by atoms with van der Waals surface area (Å²) in [6.07, 6.45) is -0.497. The van der Waals surface area contributed by atoms with E-state index in [1.165, 1.54) is 14.2 Å². The number of aliphatic carboxylic acids is 1. The summed E-state index contributed by atoms with van der Waals surface area (Å²) in [6, 6.07) is 1.74. The topological polar surface area (TPSA) is 84.9 Å². The third-order valence-electron chi connectivity index (χ3n) is 2.85. The Bertz CT molecular complexity index is 663. The van der Waals surface area contributed by atoms with Crippen molar-refractivity contribution in [2.75, 3.05) is 20.5 Å². The monoisotopic (exact) mass is 347 g/mol. The van der Waals surface area contributed by atoms with Gasteiger partial charge in [0.05, 0.1) is 11.8 Å². The summed E-state index contributed by atoms with van der Waals surface area (Å²) in [4.78, 5) is 11.1. The van der Waals surface area contributed by atoms with E-state index in [1.54, 1.807) is 0 Å². The molecular formula is C14H16F2NO5P. The van der Waals surface area contributed by atoms with Crippen molar-refractivity contribution >= 4 is 13.6 Å². The van der Waals surface area contributed by atoms with Crippen LogP contribution in [0.25, 0.3) is 0 Å². The third kappa shape index (κ3) is 6.08. The lowest BCUT2D eigenvalue weighted by Gasteiger charge is -2.17. The van der Waals surface area contributed by atoms with E-state index in [0.29, 0.717) is 6.07 Å². The molecule has 23 heavy (non-hydrogen) atoms. The number of benzene rings is 1.